The van der Waals surface area contributed by atoms with Gasteiger partial charge in [0.25, 0.3) is 0 Å². The minimum atomic E-state index is -0.436. The maximum absolute atomic E-state index is 12.4. The van der Waals surface area contributed by atoms with Crippen LogP contribution in [0.5, 0.6) is 0 Å². The van der Waals surface area contributed by atoms with Crippen molar-refractivity contribution in [2.75, 3.05) is 13.7 Å². The zero-order valence-corrected chi connectivity index (χ0v) is 16.4. The maximum atomic E-state index is 12.4. The Morgan fingerprint density at radius 1 is 1.44 bits per heavy atom. The van der Waals surface area contributed by atoms with Crippen molar-refractivity contribution in [3.63, 3.8) is 0 Å². The Bertz CT molecular complexity index is 723. The van der Waals surface area contributed by atoms with E-state index in [-0.39, 0.29) is 35.4 Å². The predicted molar refractivity (Wildman–Crippen MR) is 97.4 cm³/mol. The summed E-state index contributed by atoms with van der Waals surface area (Å²) in [4.78, 5) is 16.3. The van der Waals surface area contributed by atoms with Crippen LogP contribution in [0, 0.1) is 5.92 Å². The number of aromatic nitrogens is 2. The van der Waals surface area contributed by atoms with E-state index in [1.807, 2.05) is 0 Å². The molecule has 0 amide bonds. The summed E-state index contributed by atoms with van der Waals surface area (Å²) in [5, 5.41) is 0. The van der Waals surface area contributed by atoms with Gasteiger partial charge in [-0.15, -0.1) is 0 Å². The molecule has 2 saturated heterocycles. The standard InChI is InChI=1S/C20H28N2O5/c1-13(2)5-6-15-19(3,27-15)17-16(24-4)14(7-8-20(17)11-25-20)26-18(23)22-10-9-21-12-22/h5,9-10,12,14-17H,6-8,11H2,1-4H3/t14-,15-,16-,17-,19-,20+/m1/s1. The third-order valence-corrected chi connectivity index (χ3v) is 6.20. The zero-order chi connectivity index (χ0) is 19.2. The average molecular weight is 376 g/mol. The molecule has 3 fully saturated rings. The largest absolute Gasteiger partial charge is 0.443 e. The van der Waals surface area contributed by atoms with Gasteiger partial charge < -0.3 is 18.9 Å². The number of methoxy groups -OCH3 is 1. The van der Waals surface area contributed by atoms with Crippen molar-refractivity contribution in [3.8, 4) is 0 Å². The predicted octanol–water partition coefficient (Wildman–Crippen LogP) is 2.94. The van der Waals surface area contributed by atoms with Gasteiger partial charge in [-0.25, -0.2) is 14.3 Å². The molecule has 3 heterocycles. The van der Waals surface area contributed by atoms with Gasteiger partial charge >= 0.3 is 6.09 Å². The van der Waals surface area contributed by atoms with E-state index >= 15 is 0 Å². The highest BCUT2D eigenvalue weighted by Gasteiger charge is 2.72. The quantitative estimate of drug-likeness (QED) is 0.581. The first-order chi connectivity index (χ1) is 12.9. The third kappa shape index (κ3) is 3.32. The summed E-state index contributed by atoms with van der Waals surface area (Å²) in [6.45, 7) is 7.04. The van der Waals surface area contributed by atoms with Crippen molar-refractivity contribution in [3.05, 3.63) is 30.4 Å². The SMILES string of the molecule is CO[C@@H]1[C@H](OC(=O)n2ccnc2)CC[C@]2(CO2)[C@H]1[C@]1(C)O[C@@H]1CC=C(C)C. The van der Waals surface area contributed by atoms with Gasteiger partial charge in [-0.3, -0.25) is 0 Å². The lowest BCUT2D eigenvalue weighted by Crippen LogP contribution is -2.55. The summed E-state index contributed by atoms with van der Waals surface area (Å²) in [7, 11) is 1.67. The molecule has 1 aromatic rings. The Balaban J connectivity index is 1.52. The van der Waals surface area contributed by atoms with Gasteiger partial charge in [-0.05, 0) is 40.0 Å². The number of rotatable bonds is 5. The lowest BCUT2D eigenvalue weighted by molar-refractivity contribution is -0.117. The number of carbonyl (C=O) groups excluding carboxylic acids is 1. The number of allylic oxidation sites excluding steroid dienone is 1. The van der Waals surface area contributed by atoms with Crippen molar-refractivity contribution in [2.45, 2.75) is 69.5 Å². The van der Waals surface area contributed by atoms with Crippen molar-refractivity contribution in [1.82, 2.24) is 9.55 Å². The maximum Gasteiger partial charge on any atom is 0.419 e. The summed E-state index contributed by atoms with van der Waals surface area (Å²) in [5.74, 6) is 0.0277. The second kappa shape index (κ2) is 6.72. The van der Waals surface area contributed by atoms with Crippen LogP contribution in [0.4, 0.5) is 4.79 Å². The van der Waals surface area contributed by atoms with Crippen LogP contribution >= 0.6 is 0 Å². The first kappa shape index (κ1) is 18.7. The van der Waals surface area contributed by atoms with E-state index in [0.717, 1.165) is 12.8 Å². The molecule has 7 nitrogen and oxygen atoms in total. The smallest absolute Gasteiger partial charge is 0.419 e. The van der Waals surface area contributed by atoms with E-state index < -0.39 is 6.09 Å². The minimum absolute atomic E-state index is 0.0277. The number of carbonyl (C=O) groups is 1. The highest BCUT2D eigenvalue weighted by Crippen LogP contribution is 2.59. The molecule has 1 spiro atoms. The topological polar surface area (TPSA) is 78.4 Å². The summed E-state index contributed by atoms with van der Waals surface area (Å²) in [6.07, 6.45) is 8.31. The molecule has 0 radical (unpaired) electrons. The lowest BCUT2D eigenvalue weighted by atomic mass is 9.68. The number of imidazole rings is 1. The Kier molecular flexibility index (Phi) is 4.64. The number of hydrogen-bond donors (Lipinski definition) is 0. The molecule has 0 aromatic carbocycles. The molecule has 4 rings (SSSR count). The zero-order valence-electron chi connectivity index (χ0n) is 16.4. The fourth-order valence-electron chi connectivity index (χ4n) is 4.63. The van der Waals surface area contributed by atoms with Crippen molar-refractivity contribution in [2.24, 2.45) is 5.92 Å². The molecule has 0 bridgehead atoms. The summed E-state index contributed by atoms with van der Waals surface area (Å²) < 4.78 is 25.1. The Labute approximate surface area is 159 Å². The van der Waals surface area contributed by atoms with Crippen molar-refractivity contribution < 1.29 is 23.7 Å². The van der Waals surface area contributed by atoms with Gasteiger partial charge in [-0.1, -0.05) is 11.6 Å². The molecule has 7 heteroatoms. The molecule has 27 heavy (non-hydrogen) atoms. The van der Waals surface area contributed by atoms with Crippen LogP contribution in [-0.2, 0) is 18.9 Å². The number of hydrogen-bond acceptors (Lipinski definition) is 6. The summed E-state index contributed by atoms with van der Waals surface area (Å²) in [6, 6.07) is 0. The Morgan fingerprint density at radius 2 is 2.22 bits per heavy atom. The van der Waals surface area contributed by atoms with Crippen LogP contribution in [0.1, 0.15) is 40.0 Å². The second-order valence-electron chi connectivity index (χ2n) is 8.27. The van der Waals surface area contributed by atoms with E-state index in [0.29, 0.717) is 13.0 Å². The molecule has 1 saturated carbocycles. The normalized spacial score (nSPS) is 39.9. The second-order valence-corrected chi connectivity index (χ2v) is 8.27. The number of ether oxygens (including phenoxy) is 4. The molecular weight excluding hydrogens is 348 g/mol. The van der Waals surface area contributed by atoms with E-state index in [2.05, 4.69) is 31.8 Å². The van der Waals surface area contributed by atoms with Crippen molar-refractivity contribution >= 4 is 6.09 Å². The van der Waals surface area contributed by atoms with Gasteiger partial charge in [0.05, 0.1) is 18.6 Å². The molecule has 2 aliphatic heterocycles. The number of nitrogens with zero attached hydrogens (tertiary/aromatic N) is 2. The highest BCUT2D eigenvalue weighted by molar-refractivity contribution is 5.70. The van der Waals surface area contributed by atoms with E-state index in [4.69, 9.17) is 18.9 Å². The first-order valence-corrected chi connectivity index (χ1v) is 9.56. The van der Waals surface area contributed by atoms with Crippen LogP contribution < -0.4 is 0 Å². The van der Waals surface area contributed by atoms with Crippen LogP contribution in [-0.4, -0.2) is 58.9 Å². The van der Waals surface area contributed by atoms with Crippen LogP contribution in [0.3, 0.4) is 0 Å². The highest BCUT2D eigenvalue weighted by atomic mass is 16.6. The molecule has 1 aliphatic carbocycles. The van der Waals surface area contributed by atoms with Gasteiger partial charge in [0.15, 0.2) is 0 Å². The first-order valence-electron chi connectivity index (χ1n) is 9.56. The van der Waals surface area contributed by atoms with Gasteiger partial charge in [-0.2, -0.15) is 0 Å². The summed E-state index contributed by atoms with van der Waals surface area (Å²) in [5.41, 5.74) is 0.736. The Morgan fingerprint density at radius 3 is 2.81 bits per heavy atom. The molecular formula is C20H28N2O5. The molecule has 148 valence electrons. The lowest BCUT2D eigenvalue weighted by Gasteiger charge is -2.42. The van der Waals surface area contributed by atoms with E-state index in [1.54, 1.807) is 19.5 Å². The minimum Gasteiger partial charge on any atom is -0.443 e. The molecule has 0 N–H and O–H groups in total. The fourth-order valence-corrected chi connectivity index (χ4v) is 4.63. The molecule has 0 unspecified atom stereocenters. The van der Waals surface area contributed by atoms with E-state index in [1.165, 1.54) is 16.5 Å². The van der Waals surface area contributed by atoms with Gasteiger partial charge in [0.2, 0.25) is 0 Å². The summed E-state index contributed by atoms with van der Waals surface area (Å²) >= 11 is 0. The number of epoxide rings is 2. The Hall–Kier alpha value is -1.70. The molecule has 3 aliphatic rings. The van der Waals surface area contributed by atoms with E-state index in [9.17, 15) is 4.79 Å². The van der Waals surface area contributed by atoms with Gasteiger partial charge in [0, 0.05) is 19.5 Å². The van der Waals surface area contributed by atoms with Crippen molar-refractivity contribution in [1.29, 1.82) is 0 Å². The van der Waals surface area contributed by atoms with Gasteiger partial charge in [0.1, 0.15) is 29.7 Å². The fraction of sp³-hybridized carbons (Fsp3) is 0.700. The molecule has 6 atom stereocenters. The molecule has 1 aromatic heterocycles. The van der Waals surface area contributed by atoms with Crippen LogP contribution in [0.2, 0.25) is 0 Å². The monoisotopic (exact) mass is 376 g/mol. The van der Waals surface area contributed by atoms with Crippen LogP contribution in [0.15, 0.2) is 30.4 Å². The third-order valence-electron chi connectivity index (χ3n) is 6.20. The van der Waals surface area contributed by atoms with Crippen LogP contribution in [0.25, 0.3) is 0 Å². The average Bonchev–Trinajstić information content (AvgIpc) is 3.46.